The maximum atomic E-state index is 12.4. The van der Waals surface area contributed by atoms with Gasteiger partial charge in [0.15, 0.2) is 0 Å². The number of hydrogen-bond acceptors (Lipinski definition) is 2. The lowest BCUT2D eigenvalue weighted by Gasteiger charge is -2.30. The SMILES string of the molecule is CC1CNCC(C(=O)NC2CCc3ccccc3C2)C1. The molecule has 1 amide bonds. The smallest absolute Gasteiger partial charge is 0.224 e. The number of nitrogens with one attached hydrogen (secondary N) is 2. The van der Waals surface area contributed by atoms with E-state index in [1.54, 1.807) is 0 Å². The fourth-order valence-corrected chi connectivity index (χ4v) is 3.50. The molecule has 2 N–H and O–H groups in total. The van der Waals surface area contributed by atoms with Crippen LogP contribution in [0.5, 0.6) is 0 Å². The molecule has 1 saturated heterocycles. The van der Waals surface area contributed by atoms with Gasteiger partial charge in [0, 0.05) is 12.6 Å². The predicted molar refractivity (Wildman–Crippen MR) is 80.5 cm³/mol. The molecule has 1 aliphatic carbocycles. The average Bonchev–Trinajstić information content (AvgIpc) is 2.47. The van der Waals surface area contributed by atoms with Crippen molar-refractivity contribution < 1.29 is 4.79 Å². The zero-order valence-corrected chi connectivity index (χ0v) is 12.2. The zero-order valence-electron chi connectivity index (χ0n) is 12.2. The molecule has 3 rings (SSSR count). The molecule has 3 unspecified atom stereocenters. The fraction of sp³-hybridized carbons (Fsp3) is 0.588. The standard InChI is InChI=1S/C17H24N2O/c1-12-8-15(11-18-10-12)17(20)19-16-7-6-13-4-2-3-5-14(13)9-16/h2-5,12,15-16,18H,6-11H2,1H3,(H,19,20). The van der Waals surface area contributed by atoms with E-state index in [9.17, 15) is 4.79 Å². The van der Waals surface area contributed by atoms with Crippen LogP contribution in [0.15, 0.2) is 24.3 Å². The lowest BCUT2D eigenvalue weighted by atomic mass is 9.87. The minimum atomic E-state index is 0.149. The quantitative estimate of drug-likeness (QED) is 0.863. The second kappa shape index (κ2) is 5.96. The first-order chi connectivity index (χ1) is 9.72. The van der Waals surface area contributed by atoms with Crippen LogP contribution in [0.3, 0.4) is 0 Å². The van der Waals surface area contributed by atoms with Crippen LogP contribution in [-0.2, 0) is 17.6 Å². The second-order valence-corrected chi connectivity index (χ2v) is 6.41. The van der Waals surface area contributed by atoms with E-state index in [0.29, 0.717) is 12.0 Å². The van der Waals surface area contributed by atoms with Gasteiger partial charge in [0.2, 0.25) is 5.91 Å². The number of hydrogen-bond donors (Lipinski definition) is 2. The monoisotopic (exact) mass is 272 g/mol. The maximum Gasteiger partial charge on any atom is 0.224 e. The molecule has 20 heavy (non-hydrogen) atoms. The van der Waals surface area contributed by atoms with Crippen LogP contribution in [-0.4, -0.2) is 25.0 Å². The largest absolute Gasteiger partial charge is 0.353 e. The normalized spacial score (nSPS) is 29.6. The summed E-state index contributed by atoms with van der Waals surface area (Å²) in [6.45, 7) is 4.09. The molecule has 108 valence electrons. The third-order valence-electron chi connectivity index (χ3n) is 4.63. The van der Waals surface area contributed by atoms with Crippen LogP contribution in [0, 0.1) is 11.8 Å². The molecule has 0 spiro atoms. The predicted octanol–water partition coefficient (Wildman–Crippen LogP) is 1.91. The van der Waals surface area contributed by atoms with Crippen LogP contribution in [0.25, 0.3) is 0 Å². The summed E-state index contributed by atoms with van der Waals surface area (Å²) < 4.78 is 0. The number of aryl methyl sites for hydroxylation is 1. The third kappa shape index (κ3) is 3.04. The molecule has 1 aromatic rings. The first kappa shape index (κ1) is 13.6. The van der Waals surface area contributed by atoms with E-state index in [1.807, 2.05) is 0 Å². The lowest BCUT2D eigenvalue weighted by molar-refractivity contribution is -0.126. The minimum absolute atomic E-state index is 0.149. The van der Waals surface area contributed by atoms with Gasteiger partial charge in [0.25, 0.3) is 0 Å². The minimum Gasteiger partial charge on any atom is -0.353 e. The molecule has 1 aromatic carbocycles. The molecule has 1 aliphatic heterocycles. The van der Waals surface area contributed by atoms with Crippen molar-refractivity contribution in [3.05, 3.63) is 35.4 Å². The Morgan fingerprint density at radius 2 is 2.05 bits per heavy atom. The van der Waals surface area contributed by atoms with Gasteiger partial charge in [-0.25, -0.2) is 0 Å². The van der Waals surface area contributed by atoms with Crippen LogP contribution in [0.2, 0.25) is 0 Å². The number of carbonyl (C=O) groups is 1. The number of fused-ring (bicyclic) bond motifs is 1. The summed E-state index contributed by atoms with van der Waals surface area (Å²) in [5, 5.41) is 6.63. The van der Waals surface area contributed by atoms with Crippen LogP contribution < -0.4 is 10.6 Å². The number of rotatable bonds is 2. The molecular formula is C17H24N2O. The number of amides is 1. The van der Waals surface area contributed by atoms with Crippen molar-refractivity contribution in [2.45, 2.75) is 38.6 Å². The van der Waals surface area contributed by atoms with Gasteiger partial charge in [-0.2, -0.15) is 0 Å². The summed E-state index contributed by atoms with van der Waals surface area (Å²) in [5.74, 6) is 0.996. The highest BCUT2D eigenvalue weighted by Gasteiger charge is 2.27. The summed E-state index contributed by atoms with van der Waals surface area (Å²) in [5.41, 5.74) is 2.85. The molecular weight excluding hydrogens is 248 g/mol. The molecule has 2 aliphatic rings. The Bertz CT molecular complexity index is 486. The van der Waals surface area contributed by atoms with E-state index < -0.39 is 0 Å². The van der Waals surface area contributed by atoms with Gasteiger partial charge in [0.05, 0.1) is 5.92 Å². The summed E-state index contributed by atoms with van der Waals surface area (Å²) in [4.78, 5) is 12.4. The summed E-state index contributed by atoms with van der Waals surface area (Å²) in [6.07, 6.45) is 4.15. The van der Waals surface area contributed by atoms with Gasteiger partial charge in [-0.05, 0) is 49.3 Å². The third-order valence-corrected chi connectivity index (χ3v) is 4.63. The van der Waals surface area contributed by atoms with Crippen molar-refractivity contribution >= 4 is 5.91 Å². The summed E-state index contributed by atoms with van der Waals surface area (Å²) in [6, 6.07) is 8.91. The molecule has 1 heterocycles. The highest BCUT2D eigenvalue weighted by molar-refractivity contribution is 5.79. The van der Waals surface area contributed by atoms with Crippen molar-refractivity contribution in [3.8, 4) is 0 Å². The Labute approximate surface area is 121 Å². The summed E-state index contributed by atoms with van der Waals surface area (Å²) >= 11 is 0. The fourth-order valence-electron chi connectivity index (χ4n) is 3.50. The molecule has 0 saturated carbocycles. The molecule has 1 fully saturated rings. The van der Waals surface area contributed by atoms with Gasteiger partial charge in [0.1, 0.15) is 0 Å². The Hall–Kier alpha value is -1.35. The average molecular weight is 272 g/mol. The second-order valence-electron chi connectivity index (χ2n) is 6.41. The first-order valence-electron chi connectivity index (χ1n) is 7.80. The highest BCUT2D eigenvalue weighted by Crippen LogP contribution is 2.22. The highest BCUT2D eigenvalue weighted by atomic mass is 16.2. The van der Waals surface area contributed by atoms with E-state index in [-0.39, 0.29) is 11.8 Å². The van der Waals surface area contributed by atoms with E-state index in [2.05, 4.69) is 41.8 Å². The summed E-state index contributed by atoms with van der Waals surface area (Å²) in [7, 11) is 0. The van der Waals surface area contributed by atoms with Crippen molar-refractivity contribution in [1.29, 1.82) is 0 Å². The van der Waals surface area contributed by atoms with E-state index in [0.717, 1.165) is 38.8 Å². The van der Waals surface area contributed by atoms with Crippen molar-refractivity contribution in [2.75, 3.05) is 13.1 Å². The van der Waals surface area contributed by atoms with Crippen LogP contribution >= 0.6 is 0 Å². The number of benzene rings is 1. The van der Waals surface area contributed by atoms with Crippen LogP contribution in [0.4, 0.5) is 0 Å². The molecule has 3 nitrogen and oxygen atoms in total. The number of piperidine rings is 1. The van der Waals surface area contributed by atoms with E-state index >= 15 is 0 Å². The molecule has 0 aromatic heterocycles. The first-order valence-corrected chi connectivity index (χ1v) is 7.80. The molecule has 0 radical (unpaired) electrons. The van der Waals surface area contributed by atoms with E-state index in [1.165, 1.54) is 11.1 Å². The molecule has 3 heteroatoms. The Balaban J connectivity index is 1.58. The van der Waals surface area contributed by atoms with Crippen LogP contribution in [0.1, 0.15) is 30.9 Å². The Morgan fingerprint density at radius 3 is 2.85 bits per heavy atom. The lowest BCUT2D eigenvalue weighted by Crippen LogP contribution is -2.47. The topological polar surface area (TPSA) is 41.1 Å². The van der Waals surface area contributed by atoms with E-state index in [4.69, 9.17) is 0 Å². The van der Waals surface area contributed by atoms with Gasteiger partial charge >= 0.3 is 0 Å². The van der Waals surface area contributed by atoms with Gasteiger partial charge in [-0.3, -0.25) is 4.79 Å². The Kier molecular flexibility index (Phi) is 4.06. The van der Waals surface area contributed by atoms with Crippen molar-refractivity contribution in [3.63, 3.8) is 0 Å². The molecule has 0 bridgehead atoms. The zero-order chi connectivity index (χ0) is 13.9. The Morgan fingerprint density at radius 1 is 1.25 bits per heavy atom. The number of carbonyl (C=O) groups excluding carboxylic acids is 1. The maximum absolute atomic E-state index is 12.4. The van der Waals surface area contributed by atoms with Gasteiger partial charge in [-0.15, -0.1) is 0 Å². The van der Waals surface area contributed by atoms with Crippen molar-refractivity contribution in [2.24, 2.45) is 11.8 Å². The molecule has 3 atom stereocenters. The van der Waals surface area contributed by atoms with Crippen molar-refractivity contribution in [1.82, 2.24) is 10.6 Å². The van der Waals surface area contributed by atoms with Gasteiger partial charge in [-0.1, -0.05) is 31.2 Å². The van der Waals surface area contributed by atoms with Gasteiger partial charge < -0.3 is 10.6 Å².